The van der Waals surface area contributed by atoms with E-state index in [1.807, 2.05) is 33.7 Å². The van der Waals surface area contributed by atoms with Crippen LogP contribution in [-0.2, 0) is 0 Å². The zero-order valence-corrected chi connectivity index (χ0v) is 7.81. The summed E-state index contributed by atoms with van der Waals surface area (Å²) in [5.41, 5.74) is 1.84. The minimum absolute atomic E-state index is 0.922. The SMILES string of the molecule is c1cc(N=Nc2ccsc2)cs1. The van der Waals surface area contributed by atoms with Gasteiger partial charge in [-0.2, -0.15) is 22.7 Å². The molecule has 0 aliphatic rings. The topological polar surface area (TPSA) is 24.7 Å². The highest BCUT2D eigenvalue weighted by Crippen LogP contribution is 2.21. The third kappa shape index (κ3) is 1.78. The Balaban J connectivity index is 2.14. The Labute approximate surface area is 78.2 Å². The summed E-state index contributed by atoms with van der Waals surface area (Å²) in [6.45, 7) is 0. The third-order valence-electron chi connectivity index (χ3n) is 1.29. The van der Waals surface area contributed by atoms with Crippen molar-refractivity contribution in [3.05, 3.63) is 33.7 Å². The van der Waals surface area contributed by atoms with E-state index in [0.717, 1.165) is 11.4 Å². The van der Waals surface area contributed by atoms with Crippen LogP contribution in [0.4, 0.5) is 11.4 Å². The first kappa shape index (κ1) is 7.64. The highest BCUT2D eigenvalue weighted by molar-refractivity contribution is 7.08. The molecule has 0 radical (unpaired) electrons. The van der Waals surface area contributed by atoms with Crippen LogP contribution in [0.3, 0.4) is 0 Å². The number of hydrogen-bond acceptors (Lipinski definition) is 4. The quantitative estimate of drug-likeness (QED) is 0.639. The van der Waals surface area contributed by atoms with E-state index in [-0.39, 0.29) is 0 Å². The molecule has 12 heavy (non-hydrogen) atoms. The monoisotopic (exact) mass is 194 g/mol. The van der Waals surface area contributed by atoms with Crippen LogP contribution in [-0.4, -0.2) is 0 Å². The van der Waals surface area contributed by atoms with E-state index in [2.05, 4.69) is 10.2 Å². The van der Waals surface area contributed by atoms with Gasteiger partial charge in [0.15, 0.2) is 0 Å². The van der Waals surface area contributed by atoms with Crippen LogP contribution in [0, 0.1) is 0 Å². The summed E-state index contributed by atoms with van der Waals surface area (Å²) in [6, 6.07) is 3.89. The van der Waals surface area contributed by atoms with E-state index in [4.69, 9.17) is 0 Å². The van der Waals surface area contributed by atoms with Gasteiger partial charge in [0.2, 0.25) is 0 Å². The number of rotatable bonds is 2. The molecular weight excluding hydrogens is 188 g/mol. The number of hydrogen-bond donors (Lipinski definition) is 0. The summed E-state index contributed by atoms with van der Waals surface area (Å²) in [5, 5.41) is 16.0. The van der Waals surface area contributed by atoms with Crippen LogP contribution in [0.5, 0.6) is 0 Å². The van der Waals surface area contributed by atoms with Crippen molar-refractivity contribution in [1.29, 1.82) is 0 Å². The molecule has 0 aliphatic carbocycles. The van der Waals surface area contributed by atoms with Gasteiger partial charge >= 0.3 is 0 Å². The predicted octanol–water partition coefficient (Wildman–Crippen LogP) is 4.23. The summed E-state index contributed by atoms with van der Waals surface area (Å²) in [7, 11) is 0. The molecule has 2 rings (SSSR count). The van der Waals surface area contributed by atoms with Crippen LogP contribution in [0.1, 0.15) is 0 Å². The van der Waals surface area contributed by atoms with Gasteiger partial charge in [-0.15, -0.1) is 10.2 Å². The molecule has 2 nitrogen and oxygen atoms in total. The fourth-order valence-corrected chi connectivity index (χ4v) is 1.87. The van der Waals surface area contributed by atoms with Crippen LogP contribution < -0.4 is 0 Å². The van der Waals surface area contributed by atoms with E-state index in [0.29, 0.717) is 0 Å². The molecule has 0 aromatic carbocycles. The van der Waals surface area contributed by atoms with Crippen molar-refractivity contribution in [2.24, 2.45) is 10.2 Å². The highest BCUT2D eigenvalue weighted by Gasteiger charge is 1.89. The Morgan fingerprint density at radius 3 is 1.67 bits per heavy atom. The molecule has 2 heterocycles. The van der Waals surface area contributed by atoms with Crippen LogP contribution in [0.25, 0.3) is 0 Å². The number of azo groups is 1. The standard InChI is InChI=1S/C8H6N2S2/c1-3-11-5-7(1)9-10-8-2-4-12-6-8/h1-6H. The molecule has 0 amide bonds. The molecule has 0 saturated carbocycles. The molecule has 0 unspecified atom stereocenters. The average molecular weight is 194 g/mol. The minimum atomic E-state index is 0.922. The van der Waals surface area contributed by atoms with Gasteiger partial charge in [0.05, 0.1) is 11.4 Å². The Morgan fingerprint density at radius 1 is 0.833 bits per heavy atom. The van der Waals surface area contributed by atoms with Gasteiger partial charge in [-0.1, -0.05) is 0 Å². The van der Waals surface area contributed by atoms with Gasteiger partial charge in [0, 0.05) is 10.8 Å². The van der Waals surface area contributed by atoms with Crippen molar-refractivity contribution < 1.29 is 0 Å². The summed E-state index contributed by atoms with van der Waals surface area (Å²) in [4.78, 5) is 0. The second kappa shape index (κ2) is 3.60. The first-order valence-corrected chi connectivity index (χ1v) is 5.30. The van der Waals surface area contributed by atoms with Crippen molar-refractivity contribution in [1.82, 2.24) is 0 Å². The normalized spacial score (nSPS) is 11.0. The Bertz CT molecular complexity index is 312. The van der Waals surface area contributed by atoms with E-state index in [9.17, 15) is 0 Å². The van der Waals surface area contributed by atoms with Crippen LogP contribution >= 0.6 is 22.7 Å². The largest absolute Gasteiger partial charge is 0.150 e. The lowest BCUT2D eigenvalue weighted by Crippen LogP contribution is -1.50. The van der Waals surface area contributed by atoms with E-state index < -0.39 is 0 Å². The number of nitrogens with zero attached hydrogens (tertiary/aromatic N) is 2. The molecular formula is C8H6N2S2. The van der Waals surface area contributed by atoms with Gasteiger partial charge < -0.3 is 0 Å². The lowest BCUT2D eigenvalue weighted by Gasteiger charge is -1.81. The van der Waals surface area contributed by atoms with Crippen molar-refractivity contribution >= 4 is 34.0 Å². The maximum Gasteiger partial charge on any atom is 0.0963 e. The molecule has 0 fully saturated rings. The minimum Gasteiger partial charge on any atom is -0.150 e. The van der Waals surface area contributed by atoms with Gasteiger partial charge in [-0.25, -0.2) is 0 Å². The first-order chi connectivity index (χ1) is 5.95. The van der Waals surface area contributed by atoms with Gasteiger partial charge in [0.1, 0.15) is 0 Å². The molecule has 0 N–H and O–H groups in total. The first-order valence-electron chi connectivity index (χ1n) is 3.41. The van der Waals surface area contributed by atoms with E-state index in [1.54, 1.807) is 22.7 Å². The smallest absolute Gasteiger partial charge is 0.0963 e. The summed E-state index contributed by atoms with van der Waals surface area (Å²) >= 11 is 3.25. The number of thiophene rings is 2. The van der Waals surface area contributed by atoms with Crippen molar-refractivity contribution in [3.8, 4) is 0 Å². The van der Waals surface area contributed by atoms with Crippen LogP contribution in [0.2, 0.25) is 0 Å². The Hall–Kier alpha value is -1.00. The van der Waals surface area contributed by atoms with E-state index >= 15 is 0 Å². The van der Waals surface area contributed by atoms with Gasteiger partial charge in [-0.05, 0) is 22.9 Å². The maximum atomic E-state index is 4.05. The fourth-order valence-electron chi connectivity index (χ4n) is 0.744. The Kier molecular flexibility index (Phi) is 2.29. The fraction of sp³-hybridized carbons (Fsp3) is 0. The zero-order valence-electron chi connectivity index (χ0n) is 6.18. The van der Waals surface area contributed by atoms with Crippen molar-refractivity contribution in [2.45, 2.75) is 0 Å². The molecule has 0 spiro atoms. The molecule has 0 saturated heterocycles. The van der Waals surface area contributed by atoms with Crippen molar-refractivity contribution in [3.63, 3.8) is 0 Å². The van der Waals surface area contributed by atoms with Crippen LogP contribution in [0.15, 0.2) is 43.9 Å². The molecule has 0 atom stereocenters. The molecule has 2 aromatic heterocycles. The van der Waals surface area contributed by atoms with E-state index in [1.165, 1.54) is 0 Å². The average Bonchev–Trinajstić information content (AvgIpc) is 2.74. The van der Waals surface area contributed by atoms with Gasteiger partial charge in [0.25, 0.3) is 0 Å². The third-order valence-corrected chi connectivity index (χ3v) is 2.63. The molecule has 0 aliphatic heterocycles. The van der Waals surface area contributed by atoms with Gasteiger partial charge in [-0.3, -0.25) is 0 Å². The molecule has 4 heteroatoms. The lowest BCUT2D eigenvalue weighted by molar-refractivity contribution is 1.25. The summed E-state index contributed by atoms with van der Waals surface area (Å²) < 4.78 is 0. The zero-order chi connectivity index (χ0) is 8.23. The molecule has 60 valence electrons. The van der Waals surface area contributed by atoms with Crippen molar-refractivity contribution in [2.75, 3.05) is 0 Å². The molecule has 2 aromatic rings. The maximum absolute atomic E-state index is 4.05. The summed E-state index contributed by atoms with van der Waals surface area (Å²) in [6.07, 6.45) is 0. The lowest BCUT2D eigenvalue weighted by atomic mass is 10.5. The summed E-state index contributed by atoms with van der Waals surface area (Å²) in [5.74, 6) is 0. The second-order valence-electron chi connectivity index (χ2n) is 2.16. The molecule has 0 bridgehead atoms. The second-order valence-corrected chi connectivity index (χ2v) is 3.72. The highest BCUT2D eigenvalue weighted by atomic mass is 32.1. The predicted molar refractivity (Wildman–Crippen MR) is 52.8 cm³/mol. The Morgan fingerprint density at radius 2 is 1.33 bits per heavy atom.